The molecular formula is C23H35NO5Si. The number of carbonyl (C=O) groups excluding carboxylic acids is 1. The number of rotatable bonds is 7. The zero-order valence-electron chi connectivity index (χ0n) is 19.0. The number of methoxy groups -OCH3 is 1. The van der Waals surface area contributed by atoms with E-state index in [-0.39, 0.29) is 16.9 Å². The Kier molecular flexibility index (Phi) is 6.48. The van der Waals surface area contributed by atoms with Gasteiger partial charge >= 0.3 is 0 Å². The lowest BCUT2D eigenvalue weighted by atomic mass is 9.75. The van der Waals surface area contributed by atoms with Gasteiger partial charge in [0.25, 0.3) is 5.91 Å². The maximum atomic E-state index is 13.0. The van der Waals surface area contributed by atoms with Crippen LogP contribution in [0.1, 0.15) is 39.2 Å². The molecule has 1 fully saturated rings. The predicted octanol–water partition coefficient (Wildman–Crippen LogP) is 4.06. The molecule has 1 N–H and O–H groups in total. The van der Waals surface area contributed by atoms with E-state index in [9.17, 15) is 9.90 Å². The molecule has 6 nitrogen and oxygen atoms in total. The lowest BCUT2D eigenvalue weighted by Crippen LogP contribution is -2.65. The Morgan fingerprint density at radius 2 is 1.90 bits per heavy atom. The third kappa shape index (κ3) is 4.64. The summed E-state index contributed by atoms with van der Waals surface area (Å²) in [5, 5.41) is 11.4. The molecule has 166 valence electrons. The van der Waals surface area contributed by atoms with Gasteiger partial charge in [0.15, 0.2) is 8.32 Å². The van der Waals surface area contributed by atoms with Crippen LogP contribution >= 0.6 is 0 Å². The number of aliphatic hydroxyl groups excluding tert-OH is 1. The zero-order valence-corrected chi connectivity index (χ0v) is 20.0. The van der Waals surface area contributed by atoms with Gasteiger partial charge in [0, 0.05) is 0 Å². The van der Waals surface area contributed by atoms with Gasteiger partial charge in [-0.2, -0.15) is 0 Å². The Morgan fingerprint density at radius 1 is 1.23 bits per heavy atom. The number of hydroxylamine groups is 2. The SMILES string of the molecule is COc1ccc(CON2C[C@H]([C@@]3(O[Si](C)(C)C(C)(C)C)C=C[C@@H](O)CC3)C2=O)cc1. The predicted molar refractivity (Wildman–Crippen MR) is 118 cm³/mol. The number of ether oxygens (including phenoxy) is 1. The summed E-state index contributed by atoms with van der Waals surface area (Å²) in [6, 6.07) is 7.60. The Labute approximate surface area is 180 Å². The van der Waals surface area contributed by atoms with Crippen LogP contribution in [-0.2, 0) is 20.7 Å². The molecule has 1 aromatic rings. The first-order valence-electron chi connectivity index (χ1n) is 10.6. The molecule has 0 saturated carbocycles. The number of β-lactam (4-membered cyclic amide) rings is 1. The number of amides is 1. The van der Waals surface area contributed by atoms with E-state index in [1.807, 2.05) is 30.3 Å². The summed E-state index contributed by atoms with van der Waals surface area (Å²) in [5.41, 5.74) is 0.305. The number of hydrogen-bond donors (Lipinski definition) is 1. The van der Waals surface area contributed by atoms with Gasteiger partial charge in [0.05, 0.1) is 31.3 Å². The number of aliphatic hydroxyl groups is 1. The average Bonchev–Trinajstić information content (AvgIpc) is 2.68. The van der Waals surface area contributed by atoms with Gasteiger partial charge in [-0.3, -0.25) is 9.63 Å². The highest BCUT2D eigenvalue weighted by molar-refractivity contribution is 6.74. The van der Waals surface area contributed by atoms with Crippen LogP contribution in [0.25, 0.3) is 0 Å². The van der Waals surface area contributed by atoms with E-state index in [0.717, 1.165) is 11.3 Å². The van der Waals surface area contributed by atoms with Crippen LogP contribution in [-0.4, -0.2) is 49.8 Å². The maximum Gasteiger partial charge on any atom is 0.254 e. The van der Waals surface area contributed by atoms with E-state index in [0.29, 0.717) is 26.0 Å². The van der Waals surface area contributed by atoms with Crippen molar-refractivity contribution >= 4 is 14.2 Å². The molecule has 0 aromatic heterocycles. The molecule has 1 aliphatic carbocycles. The van der Waals surface area contributed by atoms with Crippen molar-refractivity contribution in [1.82, 2.24) is 5.06 Å². The minimum Gasteiger partial charge on any atom is -0.497 e. The first-order chi connectivity index (χ1) is 14.0. The highest BCUT2D eigenvalue weighted by Gasteiger charge is 2.56. The molecule has 30 heavy (non-hydrogen) atoms. The second kappa shape index (κ2) is 8.46. The fraction of sp³-hybridized carbons (Fsp3) is 0.609. The molecule has 1 heterocycles. The summed E-state index contributed by atoms with van der Waals surface area (Å²) >= 11 is 0. The Morgan fingerprint density at radius 3 is 2.40 bits per heavy atom. The van der Waals surface area contributed by atoms with E-state index in [4.69, 9.17) is 14.0 Å². The maximum absolute atomic E-state index is 13.0. The van der Waals surface area contributed by atoms with Gasteiger partial charge in [-0.1, -0.05) is 45.1 Å². The van der Waals surface area contributed by atoms with Gasteiger partial charge < -0.3 is 14.3 Å². The molecule has 1 aliphatic heterocycles. The van der Waals surface area contributed by atoms with Crippen LogP contribution in [0.5, 0.6) is 5.75 Å². The van der Waals surface area contributed by atoms with Crippen molar-refractivity contribution in [3.8, 4) is 5.75 Å². The summed E-state index contributed by atoms with van der Waals surface area (Å²) in [7, 11) is -0.490. The smallest absolute Gasteiger partial charge is 0.254 e. The van der Waals surface area contributed by atoms with Crippen LogP contribution in [0.2, 0.25) is 18.1 Å². The molecule has 0 spiro atoms. The summed E-state index contributed by atoms with van der Waals surface area (Å²) in [5.74, 6) is 0.448. The van der Waals surface area contributed by atoms with E-state index in [2.05, 4.69) is 33.9 Å². The summed E-state index contributed by atoms with van der Waals surface area (Å²) in [6.45, 7) is 11.8. The lowest BCUT2D eigenvalue weighted by molar-refractivity contribution is -0.238. The Bertz CT molecular complexity index is 786. The number of benzene rings is 1. The van der Waals surface area contributed by atoms with Crippen molar-refractivity contribution in [3.63, 3.8) is 0 Å². The lowest BCUT2D eigenvalue weighted by Gasteiger charge is -2.53. The molecule has 0 radical (unpaired) electrons. The van der Waals surface area contributed by atoms with E-state index >= 15 is 0 Å². The van der Waals surface area contributed by atoms with Gasteiger partial charge in [-0.25, -0.2) is 5.06 Å². The van der Waals surface area contributed by atoms with Crippen LogP contribution in [0.15, 0.2) is 36.4 Å². The molecule has 3 rings (SSSR count). The van der Waals surface area contributed by atoms with Crippen molar-refractivity contribution < 1.29 is 23.9 Å². The third-order valence-electron chi connectivity index (χ3n) is 6.71. The van der Waals surface area contributed by atoms with Crippen LogP contribution in [0.4, 0.5) is 0 Å². The summed E-state index contributed by atoms with van der Waals surface area (Å²) in [6.07, 6.45) is 4.48. The first-order valence-corrected chi connectivity index (χ1v) is 13.5. The standard InChI is InChI=1S/C23H35NO5Si/c1-22(2,3)30(5,6)29-23(13-11-18(25)12-14-23)20-15-24(21(20)26)28-16-17-7-9-19(27-4)10-8-17/h7-11,13,18,20,25H,12,14-16H2,1-6H3/t18-,20+,23-/m1/s1. The fourth-order valence-corrected chi connectivity index (χ4v) is 5.22. The molecule has 1 aromatic carbocycles. The van der Waals surface area contributed by atoms with Crippen LogP contribution in [0, 0.1) is 5.92 Å². The van der Waals surface area contributed by atoms with Crippen molar-refractivity contribution in [2.75, 3.05) is 13.7 Å². The number of nitrogens with zero attached hydrogens (tertiary/aromatic N) is 1. The first kappa shape index (κ1) is 23.0. The minimum atomic E-state index is -2.12. The average molecular weight is 434 g/mol. The molecule has 0 unspecified atom stereocenters. The van der Waals surface area contributed by atoms with Crippen LogP contribution < -0.4 is 4.74 Å². The molecule has 3 atom stereocenters. The monoisotopic (exact) mass is 433 g/mol. The summed E-state index contributed by atoms with van der Waals surface area (Å²) < 4.78 is 12.0. The number of carbonyl (C=O) groups is 1. The normalized spacial score (nSPS) is 27.2. The van der Waals surface area contributed by atoms with Crippen molar-refractivity contribution in [1.29, 1.82) is 0 Å². The van der Waals surface area contributed by atoms with Crippen molar-refractivity contribution in [2.24, 2.45) is 5.92 Å². The van der Waals surface area contributed by atoms with E-state index in [1.54, 1.807) is 13.2 Å². The number of hydrogen-bond acceptors (Lipinski definition) is 5. The quantitative estimate of drug-likeness (QED) is 0.399. The van der Waals surface area contributed by atoms with Crippen LogP contribution in [0.3, 0.4) is 0 Å². The molecule has 7 heteroatoms. The largest absolute Gasteiger partial charge is 0.497 e. The third-order valence-corrected chi connectivity index (χ3v) is 11.2. The highest BCUT2D eigenvalue weighted by Crippen LogP contribution is 2.46. The van der Waals surface area contributed by atoms with Gasteiger partial charge in [-0.05, 0) is 48.7 Å². The van der Waals surface area contributed by atoms with Gasteiger partial charge in [-0.15, -0.1) is 0 Å². The molecule has 1 saturated heterocycles. The summed E-state index contributed by atoms with van der Waals surface area (Å²) in [4.78, 5) is 18.8. The minimum absolute atomic E-state index is 0.0290. The topological polar surface area (TPSA) is 68.2 Å². The fourth-order valence-electron chi connectivity index (χ4n) is 3.65. The van der Waals surface area contributed by atoms with Gasteiger partial charge in [0.2, 0.25) is 0 Å². The van der Waals surface area contributed by atoms with E-state index in [1.165, 1.54) is 5.06 Å². The zero-order chi connectivity index (χ0) is 22.2. The molecule has 2 aliphatic rings. The van der Waals surface area contributed by atoms with Crippen molar-refractivity contribution in [2.45, 2.75) is 70.1 Å². The second-order valence-corrected chi connectivity index (χ2v) is 14.6. The second-order valence-electron chi connectivity index (χ2n) is 9.86. The Hall–Kier alpha value is -1.67. The van der Waals surface area contributed by atoms with E-state index < -0.39 is 20.0 Å². The van der Waals surface area contributed by atoms with Gasteiger partial charge in [0.1, 0.15) is 12.4 Å². The van der Waals surface area contributed by atoms with Crippen molar-refractivity contribution in [3.05, 3.63) is 42.0 Å². The molecule has 0 bridgehead atoms. The Balaban J connectivity index is 1.69. The molecule has 1 amide bonds. The highest BCUT2D eigenvalue weighted by atomic mass is 28.4. The molecular weight excluding hydrogens is 398 g/mol.